The average Bonchev–Trinajstić information content (AvgIpc) is 2.28. The van der Waals surface area contributed by atoms with Crippen molar-refractivity contribution < 1.29 is 9.53 Å². The first kappa shape index (κ1) is 12.0. The lowest BCUT2D eigenvalue weighted by molar-refractivity contribution is -0.120. The highest BCUT2D eigenvalue weighted by molar-refractivity contribution is 5.78. The topological polar surface area (TPSA) is 74.2 Å². The second kappa shape index (κ2) is 7.21. The smallest absolute Gasteiger partial charge is 0.234 e. The Morgan fingerprint density at radius 1 is 1.53 bits per heavy atom. The monoisotopic (exact) mass is 211 g/mol. The zero-order valence-corrected chi connectivity index (χ0v) is 8.79. The van der Waals surface area contributed by atoms with Crippen LogP contribution in [-0.2, 0) is 9.53 Å². The molecule has 1 aliphatic heterocycles. The molecule has 0 saturated carbocycles. The van der Waals surface area contributed by atoms with E-state index in [1.165, 1.54) is 6.42 Å². The van der Waals surface area contributed by atoms with E-state index in [1.54, 1.807) is 0 Å². The van der Waals surface area contributed by atoms with Gasteiger partial charge in [-0.1, -0.05) is 0 Å². The van der Waals surface area contributed by atoms with E-state index in [2.05, 4.69) is 10.6 Å². The maximum absolute atomic E-state index is 11.1. The Bertz CT molecular complexity index is 231. The van der Waals surface area contributed by atoms with Crippen LogP contribution in [0, 0.1) is 11.3 Å². The van der Waals surface area contributed by atoms with Crippen LogP contribution in [0.25, 0.3) is 0 Å². The third kappa shape index (κ3) is 5.35. The van der Waals surface area contributed by atoms with Crippen LogP contribution in [0.1, 0.15) is 19.3 Å². The Morgan fingerprint density at radius 3 is 3.07 bits per heavy atom. The van der Waals surface area contributed by atoms with Crippen LogP contribution in [0.15, 0.2) is 0 Å². The lowest BCUT2D eigenvalue weighted by Gasteiger charge is -2.22. The SMILES string of the molecule is N#CCNC(=O)CNCC1CCCCO1. The molecule has 1 unspecified atom stereocenters. The van der Waals surface area contributed by atoms with Gasteiger partial charge in [0.2, 0.25) is 5.91 Å². The number of rotatable bonds is 5. The molecule has 0 spiro atoms. The minimum Gasteiger partial charge on any atom is -0.377 e. The van der Waals surface area contributed by atoms with Crippen molar-refractivity contribution in [2.45, 2.75) is 25.4 Å². The summed E-state index contributed by atoms with van der Waals surface area (Å²) in [6, 6.07) is 1.85. The molecule has 0 aromatic rings. The van der Waals surface area contributed by atoms with Gasteiger partial charge >= 0.3 is 0 Å². The highest BCUT2D eigenvalue weighted by atomic mass is 16.5. The molecule has 0 aromatic carbocycles. The second-order valence-corrected chi connectivity index (χ2v) is 3.55. The van der Waals surface area contributed by atoms with E-state index in [1.807, 2.05) is 6.07 Å². The van der Waals surface area contributed by atoms with Gasteiger partial charge in [-0.25, -0.2) is 0 Å². The molecular weight excluding hydrogens is 194 g/mol. The predicted molar refractivity (Wildman–Crippen MR) is 55.1 cm³/mol. The zero-order valence-electron chi connectivity index (χ0n) is 8.79. The maximum atomic E-state index is 11.1. The minimum atomic E-state index is -0.146. The number of hydrogen-bond donors (Lipinski definition) is 2. The minimum absolute atomic E-state index is 0.0699. The van der Waals surface area contributed by atoms with Crippen molar-refractivity contribution >= 4 is 5.91 Å². The first-order valence-corrected chi connectivity index (χ1v) is 5.29. The molecule has 1 fully saturated rings. The summed E-state index contributed by atoms with van der Waals surface area (Å²) in [5.41, 5.74) is 0. The van der Waals surface area contributed by atoms with Crippen LogP contribution >= 0.6 is 0 Å². The van der Waals surface area contributed by atoms with Crippen LogP contribution in [0.5, 0.6) is 0 Å². The summed E-state index contributed by atoms with van der Waals surface area (Å²) < 4.78 is 5.49. The number of amides is 1. The van der Waals surface area contributed by atoms with Crippen molar-refractivity contribution in [2.24, 2.45) is 0 Å². The molecule has 5 heteroatoms. The lowest BCUT2D eigenvalue weighted by atomic mass is 10.1. The molecule has 84 valence electrons. The molecule has 0 aromatic heterocycles. The van der Waals surface area contributed by atoms with Crippen LogP contribution in [0.2, 0.25) is 0 Å². The van der Waals surface area contributed by atoms with E-state index < -0.39 is 0 Å². The van der Waals surface area contributed by atoms with Gasteiger partial charge < -0.3 is 15.4 Å². The van der Waals surface area contributed by atoms with Gasteiger partial charge in [0.25, 0.3) is 0 Å². The molecule has 0 radical (unpaired) electrons. The van der Waals surface area contributed by atoms with Crippen molar-refractivity contribution in [1.82, 2.24) is 10.6 Å². The number of nitrogens with one attached hydrogen (secondary N) is 2. The Balaban J connectivity index is 2.00. The molecule has 1 heterocycles. The molecule has 1 saturated heterocycles. The van der Waals surface area contributed by atoms with Gasteiger partial charge in [0.05, 0.1) is 18.7 Å². The fourth-order valence-electron chi connectivity index (χ4n) is 1.52. The van der Waals surface area contributed by atoms with E-state index in [0.717, 1.165) is 19.4 Å². The van der Waals surface area contributed by atoms with Gasteiger partial charge in [0.1, 0.15) is 6.54 Å². The van der Waals surface area contributed by atoms with Gasteiger partial charge in [-0.3, -0.25) is 4.79 Å². The number of nitrogens with zero attached hydrogens (tertiary/aromatic N) is 1. The summed E-state index contributed by atoms with van der Waals surface area (Å²) in [4.78, 5) is 11.1. The maximum Gasteiger partial charge on any atom is 0.234 e. The molecule has 1 rings (SSSR count). The van der Waals surface area contributed by atoms with E-state index in [9.17, 15) is 4.79 Å². The fourth-order valence-corrected chi connectivity index (χ4v) is 1.52. The summed E-state index contributed by atoms with van der Waals surface area (Å²) in [5.74, 6) is -0.146. The zero-order chi connectivity index (χ0) is 10.9. The Morgan fingerprint density at radius 2 is 2.40 bits per heavy atom. The molecular formula is C10H17N3O2. The van der Waals surface area contributed by atoms with Crippen LogP contribution in [0.3, 0.4) is 0 Å². The number of ether oxygens (including phenoxy) is 1. The fraction of sp³-hybridized carbons (Fsp3) is 0.800. The third-order valence-corrected chi connectivity index (χ3v) is 2.30. The standard InChI is InChI=1S/C10H17N3O2/c11-4-5-13-10(14)8-12-7-9-3-1-2-6-15-9/h9,12H,1-3,5-8H2,(H,13,14). The number of carbonyl (C=O) groups excluding carboxylic acids is 1. The van der Waals surface area contributed by atoms with Crippen LogP contribution in [0.4, 0.5) is 0 Å². The molecule has 1 aliphatic rings. The summed E-state index contributed by atoms with van der Waals surface area (Å²) in [6.07, 6.45) is 3.64. The van der Waals surface area contributed by atoms with Crippen molar-refractivity contribution in [1.29, 1.82) is 5.26 Å². The van der Waals surface area contributed by atoms with E-state index in [4.69, 9.17) is 10.00 Å². The molecule has 1 atom stereocenters. The number of carbonyl (C=O) groups is 1. The molecule has 1 amide bonds. The predicted octanol–water partition coefficient (Wildman–Crippen LogP) is -0.215. The van der Waals surface area contributed by atoms with E-state index in [-0.39, 0.29) is 25.1 Å². The van der Waals surface area contributed by atoms with Gasteiger partial charge in [-0.05, 0) is 19.3 Å². The molecule has 15 heavy (non-hydrogen) atoms. The highest BCUT2D eigenvalue weighted by Crippen LogP contribution is 2.11. The Kier molecular flexibility index (Phi) is 5.74. The van der Waals surface area contributed by atoms with Crippen LogP contribution < -0.4 is 10.6 Å². The van der Waals surface area contributed by atoms with Gasteiger partial charge in [0, 0.05) is 13.2 Å². The summed E-state index contributed by atoms with van der Waals surface area (Å²) in [5, 5.41) is 13.7. The van der Waals surface area contributed by atoms with Crippen molar-refractivity contribution in [3.63, 3.8) is 0 Å². The largest absolute Gasteiger partial charge is 0.377 e. The Labute approximate surface area is 89.8 Å². The van der Waals surface area contributed by atoms with Crippen molar-refractivity contribution in [3.05, 3.63) is 0 Å². The van der Waals surface area contributed by atoms with Gasteiger partial charge in [-0.2, -0.15) is 5.26 Å². The van der Waals surface area contributed by atoms with Gasteiger partial charge in [-0.15, -0.1) is 0 Å². The number of nitriles is 1. The molecule has 0 bridgehead atoms. The van der Waals surface area contributed by atoms with Gasteiger partial charge in [0.15, 0.2) is 0 Å². The molecule has 5 nitrogen and oxygen atoms in total. The van der Waals surface area contributed by atoms with E-state index in [0.29, 0.717) is 6.54 Å². The van der Waals surface area contributed by atoms with Crippen molar-refractivity contribution in [2.75, 3.05) is 26.2 Å². The second-order valence-electron chi connectivity index (χ2n) is 3.55. The van der Waals surface area contributed by atoms with Crippen LogP contribution in [-0.4, -0.2) is 38.3 Å². The third-order valence-electron chi connectivity index (χ3n) is 2.30. The average molecular weight is 211 g/mol. The highest BCUT2D eigenvalue weighted by Gasteiger charge is 2.13. The summed E-state index contributed by atoms with van der Waals surface area (Å²) in [7, 11) is 0. The summed E-state index contributed by atoms with van der Waals surface area (Å²) in [6.45, 7) is 1.86. The molecule has 0 aliphatic carbocycles. The Hall–Kier alpha value is -1.12. The first-order valence-electron chi connectivity index (χ1n) is 5.29. The normalized spacial score (nSPS) is 20.6. The first-order chi connectivity index (χ1) is 7.33. The lowest BCUT2D eigenvalue weighted by Crippen LogP contribution is -2.39. The molecule has 2 N–H and O–H groups in total. The summed E-state index contributed by atoms with van der Waals surface area (Å²) >= 11 is 0. The quantitative estimate of drug-likeness (QED) is 0.617. The van der Waals surface area contributed by atoms with E-state index >= 15 is 0 Å². The van der Waals surface area contributed by atoms with Crippen molar-refractivity contribution in [3.8, 4) is 6.07 Å². The number of hydrogen-bond acceptors (Lipinski definition) is 4.